The van der Waals surface area contributed by atoms with Crippen LogP contribution in [0.4, 0.5) is 11.4 Å². The van der Waals surface area contributed by atoms with Crippen LogP contribution in [0.5, 0.6) is 5.75 Å². The summed E-state index contributed by atoms with van der Waals surface area (Å²) in [6.07, 6.45) is 0. The van der Waals surface area contributed by atoms with Crippen molar-refractivity contribution >= 4 is 34.8 Å². The van der Waals surface area contributed by atoms with Crippen molar-refractivity contribution < 1.29 is 14.7 Å². The van der Waals surface area contributed by atoms with Crippen molar-refractivity contribution in [1.29, 1.82) is 0 Å². The quantitative estimate of drug-likeness (QED) is 0.593. The summed E-state index contributed by atoms with van der Waals surface area (Å²) >= 11 is 6.01. The van der Waals surface area contributed by atoms with Gasteiger partial charge >= 0.3 is 0 Å². The molecule has 3 N–H and O–H groups in total. The molecule has 0 heterocycles. The standard InChI is InChI=1S/C20H15ClN2O3/c21-18-4-2-1-3-17(18)20(26)23-14-7-5-13(6-8-14)19(25)22-15-9-11-16(24)12-10-15/h1-12,24H,(H,22,25)(H,23,26). The molecule has 0 aromatic heterocycles. The highest BCUT2D eigenvalue weighted by atomic mass is 35.5. The Kier molecular flexibility index (Phi) is 5.20. The zero-order valence-corrected chi connectivity index (χ0v) is 14.3. The highest BCUT2D eigenvalue weighted by Crippen LogP contribution is 2.18. The first-order chi connectivity index (χ1) is 12.5. The summed E-state index contributed by atoms with van der Waals surface area (Å²) in [7, 11) is 0. The van der Waals surface area contributed by atoms with Gasteiger partial charge in [-0.25, -0.2) is 0 Å². The smallest absolute Gasteiger partial charge is 0.257 e. The van der Waals surface area contributed by atoms with E-state index < -0.39 is 0 Å². The van der Waals surface area contributed by atoms with Crippen LogP contribution in [0.1, 0.15) is 20.7 Å². The van der Waals surface area contributed by atoms with E-state index in [0.29, 0.717) is 27.5 Å². The van der Waals surface area contributed by atoms with Crippen LogP contribution in [0.25, 0.3) is 0 Å². The summed E-state index contributed by atoms with van der Waals surface area (Å²) < 4.78 is 0. The predicted molar refractivity (Wildman–Crippen MR) is 102 cm³/mol. The van der Waals surface area contributed by atoms with Gasteiger partial charge in [0.25, 0.3) is 11.8 Å². The van der Waals surface area contributed by atoms with Gasteiger partial charge in [0.05, 0.1) is 10.6 Å². The molecule has 130 valence electrons. The molecule has 0 radical (unpaired) electrons. The number of nitrogens with one attached hydrogen (secondary N) is 2. The second-order valence-corrected chi connectivity index (χ2v) is 5.92. The molecule has 0 aliphatic rings. The number of phenolic OH excluding ortho intramolecular Hbond substituents is 1. The summed E-state index contributed by atoms with van der Waals surface area (Å²) in [4.78, 5) is 24.4. The van der Waals surface area contributed by atoms with Crippen LogP contribution >= 0.6 is 11.6 Å². The Morgan fingerprint density at radius 2 is 1.27 bits per heavy atom. The topological polar surface area (TPSA) is 78.4 Å². The van der Waals surface area contributed by atoms with Crippen LogP contribution in [-0.4, -0.2) is 16.9 Å². The Bertz CT molecular complexity index is 938. The van der Waals surface area contributed by atoms with Crippen molar-refractivity contribution in [1.82, 2.24) is 0 Å². The molecule has 3 aromatic carbocycles. The van der Waals surface area contributed by atoms with Gasteiger partial charge in [-0.05, 0) is 60.7 Å². The number of carbonyl (C=O) groups excluding carboxylic acids is 2. The van der Waals surface area contributed by atoms with Crippen molar-refractivity contribution in [2.45, 2.75) is 0 Å². The third-order valence-electron chi connectivity index (χ3n) is 3.65. The number of halogens is 1. The molecular weight excluding hydrogens is 352 g/mol. The normalized spacial score (nSPS) is 10.2. The monoisotopic (exact) mass is 366 g/mol. The minimum atomic E-state index is -0.322. The van der Waals surface area contributed by atoms with Crippen molar-refractivity contribution in [3.8, 4) is 5.75 Å². The van der Waals surface area contributed by atoms with Crippen LogP contribution in [0.15, 0.2) is 72.8 Å². The molecule has 0 aliphatic heterocycles. The molecule has 6 heteroatoms. The van der Waals surface area contributed by atoms with E-state index in [-0.39, 0.29) is 17.6 Å². The number of amides is 2. The zero-order chi connectivity index (χ0) is 18.5. The lowest BCUT2D eigenvalue weighted by atomic mass is 10.1. The van der Waals surface area contributed by atoms with E-state index in [0.717, 1.165) is 0 Å². The summed E-state index contributed by atoms with van der Waals surface area (Å²) in [5.41, 5.74) is 1.94. The van der Waals surface area contributed by atoms with Gasteiger partial charge in [0.1, 0.15) is 5.75 Å². The fourth-order valence-corrected chi connectivity index (χ4v) is 2.52. The Balaban J connectivity index is 1.66. The van der Waals surface area contributed by atoms with Crippen LogP contribution in [-0.2, 0) is 0 Å². The van der Waals surface area contributed by atoms with Gasteiger partial charge in [0.15, 0.2) is 0 Å². The number of hydrogen-bond acceptors (Lipinski definition) is 3. The van der Waals surface area contributed by atoms with E-state index in [1.165, 1.54) is 12.1 Å². The van der Waals surface area contributed by atoms with Crippen LogP contribution in [0.2, 0.25) is 5.02 Å². The lowest BCUT2D eigenvalue weighted by molar-refractivity contribution is 0.102. The van der Waals surface area contributed by atoms with E-state index in [1.54, 1.807) is 60.7 Å². The van der Waals surface area contributed by atoms with Crippen molar-refractivity contribution in [2.75, 3.05) is 10.6 Å². The predicted octanol–water partition coefficient (Wildman–Crippen LogP) is 4.55. The van der Waals surface area contributed by atoms with Gasteiger partial charge in [0.2, 0.25) is 0 Å². The van der Waals surface area contributed by atoms with Gasteiger partial charge in [-0.15, -0.1) is 0 Å². The van der Waals surface area contributed by atoms with Gasteiger partial charge in [0, 0.05) is 16.9 Å². The van der Waals surface area contributed by atoms with Crippen molar-refractivity contribution in [2.24, 2.45) is 0 Å². The highest BCUT2D eigenvalue weighted by molar-refractivity contribution is 6.34. The Labute approximate surface area is 155 Å². The second kappa shape index (κ2) is 7.72. The average molecular weight is 367 g/mol. The molecule has 5 nitrogen and oxygen atoms in total. The molecule has 26 heavy (non-hydrogen) atoms. The molecule has 0 saturated heterocycles. The van der Waals surface area contributed by atoms with E-state index in [1.807, 2.05) is 0 Å². The number of rotatable bonds is 4. The maximum absolute atomic E-state index is 12.2. The molecule has 0 unspecified atom stereocenters. The molecule has 0 atom stereocenters. The minimum Gasteiger partial charge on any atom is -0.508 e. The maximum Gasteiger partial charge on any atom is 0.257 e. The summed E-state index contributed by atoms with van der Waals surface area (Å²) in [5.74, 6) is -0.488. The summed E-state index contributed by atoms with van der Waals surface area (Å²) in [6, 6.07) is 19.4. The second-order valence-electron chi connectivity index (χ2n) is 5.51. The lowest BCUT2D eigenvalue weighted by Gasteiger charge is -2.08. The van der Waals surface area contributed by atoms with Crippen molar-refractivity contribution in [3.05, 3.63) is 88.9 Å². The molecule has 3 rings (SSSR count). The van der Waals surface area contributed by atoms with Crippen molar-refractivity contribution in [3.63, 3.8) is 0 Å². The molecule has 0 saturated carbocycles. The molecule has 0 spiro atoms. The number of phenols is 1. The first-order valence-electron chi connectivity index (χ1n) is 7.79. The van der Waals surface area contributed by atoms with Crippen LogP contribution in [0.3, 0.4) is 0 Å². The average Bonchev–Trinajstić information content (AvgIpc) is 2.64. The number of carbonyl (C=O) groups is 2. The zero-order valence-electron chi connectivity index (χ0n) is 13.6. The van der Waals surface area contributed by atoms with Gasteiger partial charge in [-0.3, -0.25) is 9.59 Å². The fourth-order valence-electron chi connectivity index (χ4n) is 2.30. The van der Waals surface area contributed by atoms with Crippen LogP contribution < -0.4 is 10.6 Å². The van der Waals surface area contributed by atoms with E-state index in [9.17, 15) is 14.7 Å². The van der Waals surface area contributed by atoms with Gasteiger partial charge < -0.3 is 15.7 Å². The van der Waals surface area contributed by atoms with E-state index >= 15 is 0 Å². The molecule has 2 amide bonds. The molecule has 0 fully saturated rings. The SMILES string of the molecule is O=C(Nc1ccc(O)cc1)c1ccc(NC(=O)c2ccccc2Cl)cc1. The summed E-state index contributed by atoms with van der Waals surface area (Å²) in [5, 5.41) is 15.1. The Hall–Kier alpha value is -3.31. The lowest BCUT2D eigenvalue weighted by Crippen LogP contribution is -2.14. The number of aromatic hydroxyl groups is 1. The van der Waals surface area contributed by atoms with Crippen LogP contribution in [0, 0.1) is 0 Å². The Morgan fingerprint density at radius 3 is 1.88 bits per heavy atom. The molecule has 0 bridgehead atoms. The first-order valence-corrected chi connectivity index (χ1v) is 8.17. The van der Waals surface area contributed by atoms with Gasteiger partial charge in [-0.2, -0.15) is 0 Å². The molecular formula is C20H15ClN2O3. The molecule has 3 aromatic rings. The summed E-state index contributed by atoms with van der Waals surface area (Å²) in [6.45, 7) is 0. The third-order valence-corrected chi connectivity index (χ3v) is 3.98. The highest BCUT2D eigenvalue weighted by Gasteiger charge is 2.11. The maximum atomic E-state index is 12.2. The largest absolute Gasteiger partial charge is 0.508 e. The van der Waals surface area contributed by atoms with Gasteiger partial charge in [-0.1, -0.05) is 23.7 Å². The number of anilines is 2. The number of hydrogen-bond donors (Lipinski definition) is 3. The van der Waals surface area contributed by atoms with E-state index in [2.05, 4.69) is 10.6 Å². The number of benzene rings is 3. The minimum absolute atomic E-state index is 0.126. The molecule has 0 aliphatic carbocycles. The fraction of sp³-hybridized carbons (Fsp3) is 0. The van der Waals surface area contributed by atoms with E-state index in [4.69, 9.17) is 11.6 Å². The first kappa shape index (κ1) is 17.5. The third kappa shape index (κ3) is 4.20. The Morgan fingerprint density at radius 1 is 0.731 bits per heavy atom.